The van der Waals surface area contributed by atoms with Crippen LogP contribution < -0.4 is 4.74 Å². The predicted molar refractivity (Wildman–Crippen MR) is 66.8 cm³/mol. The summed E-state index contributed by atoms with van der Waals surface area (Å²) in [5.74, 6) is 1.48. The molecule has 0 aromatic heterocycles. The average molecular weight is 288 g/mol. The lowest BCUT2D eigenvalue weighted by molar-refractivity contribution is 0.360. The molecule has 1 saturated carbocycles. The van der Waals surface area contributed by atoms with Gasteiger partial charge in [-0.25, -0.2) is 0 Å². The highest BCUT2D eigenvalue weighted by molar-refractivity contribution is 9.10. The molecule has 2 rings (SSSR count). The molecular weight excluding hydrogens is 275 g/mol. The van der Waals surface area contributed by atoms with Crippen LogP contribution >= 0.6 is 27.5 Å². The van der Waals surface area contributed by atoms with Crippen molar-refractivity contribution < 1.29 is 4.74 Å². The maximum atomic E-state index is 6.16. The second-order valence-electron chi connectivity index (χ2n) is 3.68. The first-order valence-corrected chi connectivity index (χ1v) is 6.12. The van der Waals surface area contributed by atoms with E-state index in [1.54, 1.807) is 6.08 Å². The van der Waals surface area contributed by atoms with Crippen molar-refractivity contribution in [2.24, 2.45) is 0 Å². The molecule has 0 bridgehead atoms. The molecule has 3 heteroatoms. The summed E-state index contributed by atoms with van der Waals surface area (Å²) in [7, 11) is 0. The minimum Gasteiger partial charge on any atom is -0.488 e. The predicted octanol–water partition coefficient (Wildman–Crippen LogP) is 4.54. The van der Waals surface area contributed by atoms with Gasteiger partial charge in [-0.1, -0.05) is 24.3 Å². The van der Waals surface area contributed by atoms with Crippen molar-refractivity contribution in [1.29, 1.82) is 0 Å². The van der Waals surface area contributed by atoms with Gasteiger partial charge < -0.3 is 4.74 Å². The molecule has 1 aliphatic carbocycles. The molecule has 1 fully saturated rings. The quantitative estimate of drug-likeness (QED) is 0.739. The van der Waals surface area contributed by atoms with Gasteiger partial charge >= 0.3 is 0 Å². The monoisotopic (exact) mass is 286 g/mol. The topological polar surface area (TPSA) is 9.23 Å². The number of hydrogen-bond acceptors (Lipinski definition) is 1. The molecule has 0 unspecified atom stereocenters. The maximum absolute atomic E-state index is 6.16. The van der Waals surface area contributed by atoms with E-state index in [1.165, 1.54) is 18.4 Å². The van der Waals surface area contributed by atoms with E-state index in [0.29, 0.717) is 12.5 Å². The van der Waals surface area contributed by atoms with Gasteiger partial charge in [-0.15, -0.1) is 0 Å². The molecular formula is C12H12BrClO. The van der Waals surface area contributed by atoms with Gasteiger partial charge in [0.25, 0.3) is 0 Å². The van der Waals surface area contributed by atoms with E-state index in [9.17, 15) is 0 Å². The fourth-order valence-electron chi connectivity index (χ4n) is 1.51. The lowest BCUT2D eigenvalue weighted by atomic mass is 10.1. The lowest BCUT2D eigenvalue weighted by Gasteiger charge is -2.10. The number of rotatable bonds is 4. The van der Waals surface area contributed by atoms with Gasteiger partial charge in [0.15, 0.2) is 0 Å². The molecule has 1 aromatic carbocycles. The first-order chi connectivity index (χ1) is 7.22. The zero-order valence-electron chi connectivity index (χ0n) is 8.30. The van der Waals surface area contributed by atoms with E-state index < -0.39 is 0 Å². The molecule has 0 heterocycles. The van der Waals surface area contributed by atoms with Crippen molar-refractivity contribution >= 4 is 27.5 Å². The number of benzene rings is 1. The van der Waals surface area contributed by atoms with Crippen LogP contribution in [0, 0.1) is 0 Å². The van der Waals surface area contributed by atoms with Crippen molar-refractivity contribution in [3.05, 3.63) is 39.8 Å². The number of hydrogen-bond donors (Lipinski definition) is 0. The number of ether oxygens (including phenoxy) is 1. The van der Waals surface area contributed by atoms with Gasteiger partial charge in [0, 0.05) is 5.02 Å². The summed E-state index contributed by atoms with van der Waals surface area (Å²) >= 11 is 9.60. The zero-order chi connectivity index (χ0) is 10.8. The van der Waals surface area contributed by atoms with E-state index in [-0.39, 0.29) is 0 Å². The Kier molecular flexibility index (Phi) is 3.37. The van der Waals surface area contributed by atoms with Crippen LogP contribution in [0.1, 0.15) is 24.3 Å². The summed E-state index contributed by atoms with van der Waals surface area (Å²) in [5.41, 5.74) is 1.21. The van der Waals surface area contributed by atoms with Crippen molar-refractivity contribution in [3.8, 4) is 5.75 Å². The Balaban J connectivity index is 2.28. The number of halogens is 2. The van der Waals surface area contributed by atoms with Crippen LogP contribution in [-0.2, 0) is 0 Å². The highest BCUT2D eigenvalue weighted by Crippen LogP contribution is 2.46. The summed E-state index contributed by atoms with van der Waals surface area (Å²) in [6.45, 7) is 4.14. The Hall–Kier alpha value is -0.470. The summed E-state index contributed by atoms with van der Waals surface area (Å²) < 4.78 is 6.44. The highest BCUT2D eigenvalue weighted by Gasteiger charge is 2.26. The van der Waals surface area contributed by atoms with Crippen LogP contribution in [0.3, 0.4) is 0 Å². The molecule has 15 heavy (non-hydrogen) atoms. The third-order valence-corrected chi connectivity index (χ3v) is 3.37. The van der Waals surface area contributed by atoms with Crippen LogP contribution in [-0.4, -0.2) is 6.61 Å². The van der Waals surface area contributed by atoms with Crippen LogP contribution in [0.2, 0.25) is 5.02 Å². The zero-order valence-corrected chi connectivity index (χ0v) is 10.6. The third kappa shape index (κ3) is 2.56. The first-order valence-electron chi connectivity index (χ1n) is 4.95. The third-order valence-electron chi connectivity index (χ3n) is 2.43. The average Bonchev–Trinajstić information content (AvgIpc) is 3.00. The molecule has 0 radical (unpaired) electrons. The van der Waals surface area contributed by atoms with E-state index in [0.717, 1.165) is 15.2 Å². The molecule has 1 nitrogen and oxygen atoms in total. The van der Waals surface area contributed by atoms with Gasteiger partial charge in [-0.05, 0) is 52.4 Å². The second-order valence-corrected chi connectivity index (χ2v) is 4.94. The largest absolute Gasteiger partial charge is 0.488 e. The Labute approximate surface area is 103 Å². The second kappa shape index (κ2) is 4.58. The molecule has 80 valence electrons. The van der Waals surface area contributed by atoms with Crippen molar-refractivity contribution in [2.45, 2.75) is 18.8 Å². The molecule has 1 aliphatic rings. The molecule has 0 aliphatic heterocycles. The summed E-state index contributed by atoms with van der Waals surface area (Å²) in [4.78, 5) is 0. The summed E-state index contributed by atoms with van der Waals surface area (Å²) in [6.07, 6.45) is 4.21. The van der Waals surface area contributed by atoms with E-state index in [2.05, 4.69) is 22.5 Å². The smallest absolute Gasteiger partial charge is 0.134 e. The van der Waals surface area contributed by atoms with Crippen LogP contribution in [0.4, 0.5) is 0 Å². The Morgan fingerprint density at radius 1 is 1.53 bits per heavy atom. The van der Waals surface area contributed by atoms with E-state index in [4.69, 9.17) is 16.3 Å². The molecule has 0 saturated heterocycles. The van der Waals surface area contributed by atoms with Crippen molar-refractivity contribution in [3.63, 3.8) is 0 Å². The van der Waals surface area contributed by atoms with Crippen molar-refractivity contribution in [2.75, 3.05) is 6.61 Å². The fourth-order valence-corrected chi connectivity index (χ4v) is 2.42. The minimum absolute atomic E-state index is 0.518. The molecule has 0 atom stereocenters. The van der Waals surface area contributed by atoms with Crippen LogP contribution in [0.25, 0.3) is 0 Å². The van der Waals surface area contributed by atoms with Gasteiger partial charge in [0.1, 0.15) is 12.4 Å². The van der Waals surface area contributed by atoms with Gasteiger partial charge in [0.2, 0.25) is 0 Å². The Bertz CT molecular complexity index is 385. The van der Waals surface area contributed by atoms with Gasteiger partial charge in [0.05, 0.1) is 4.47 Å². The molecule has 0 amide bonds. The Morgan fingerprint density at radius 3 is 2.87 bits per heavy atom. The summed E-state index contributed by atoms with van der Waals surface area (Å²) in [5, 5.41) is 0.829. The maximum Gasteiger partial charge on any atom is 0.134 e. The Morgan fingerprint density at radius 2 is 2.27 bits per heavy atom. The van der Waals surface area contributed by atoms with Gasteiger partial charge in [-0.2, -0.15) is 0 Å². The van der Waals surface area contributed by atoms with Crippen molar-refractivity contribution in [1.82, 2.24) is 0 Å². The first kappa shape index (κ1) is 11.0. The molecule has 1 aromatic rings. The SMILES string of the molecule is C=CCOc1cc(C2CC2)c(Cl)cc1Br. The summed E-state index contributed by atoms with van der Waals surface area (Å²) in [6, 6.07) is 3.95. The van der Waals surface area contributed by atoms with Crippen LogP contribution in [0.15, 0.2) is 29.3 Å². The fraction of sp³-hybridized carbons (Fsp3) is 0.333. The van der Waals surface area contributed by atoms with Gasteiger partial charge in [-0.3, -0.25) is 0 Å². The van der Waals surface area contributed by atoms with E-state index in [1.807, 2.05) is 12.1 Å². The molecule has 0 N–H and O–H groups in total. The van der Waals surface area contributed by atoms with Crippen LogP contribution in [0.5, 0.6) is 5.75 Å². The molecule has 0 spiro atoms. The highest BCUT2D eigenvalue weighted by atomic mass is 79.9. The normalized spacial score (nSPS) is 15.1. The standard InChI is InChI=1S/C12H12BrClO/c1-2-5-15-12-6-9(8-3-4-8)11(14)7-10(12)13/h2,6-8H,1,3-5H2. The van der Waals surface area contributed by atoms with E-state index >= 15 is 0 Å². The lowest BCUT2D eigenvalue weighted by Crippen LogP contribution is -1.95. The minimum atomic E-state index is 0.518.